The van der Waals surface area contributed by atoms with Crippen molar-refractivity contribution in [2.75, 3.05) is 26.3 Å². The summed E-state index contributed by atoms with van der Waals surface area (Å²) in [7, 11) is 0. The summed E-state index contributed by atoms with van der Waals surface area (Å²) in [6, 6.07) is 0. The molecule has 1 rings (SSSR count). The maximum atomic E-state index is 11.9. The van der Waals surface area contributed by atoms with Crippen LogP contribution in [-0.4, -0.2) is 37.0 Å². The van der Waals surface area contributed by atoms with Gasteiger partial charge in [0.1, 0.15) is 6.67 Å². The van der Waals surface area contributed by atoms with E-state index in [0.717, 1.165) is 25.9 Å². The van der Waals surface area contributed by atoms with Gasteiger partial charge in [0, 0.05) is 12.5 Å². The van der Waals surface area contributed by atoms with Crippen LogP contribution >= 0.6 is 0 Å². The van der Waals surface area contributed by atoms with E-state index in [4.69, 9.17) is 11.1 Å². The van der Waals surface area contributed by atoms with Gasteiger partial charge in [-0.3, -0.25) is 5.41 Å². The molecule has 1 aliphatic rings. The molecule has 0 aromatic carbocycles. The third-order valence-corrected chi connectivity index (χ3v) is 2.43. The van der Waals surface area contributed by atoms with Crippen LogP contribution in [0.4, 0.5) is 4.39 Å². The Labute approximate surface area is 72.2 Å². The van der Waals surface area contributed by atoms with Gasteiger partial charge in [-0.05, 0) is 25.9 Å². The minimum Gasteiger partial charge on any atom is -0.387 e. The van der Waals surface area contributed by atoms with Crippen LogP contribution in [0.15, 0.2) is 0 Å². The van der Waals surface area contributed by atoms with Crippen LogP contribution in [0, 0.1) is 11.3 Å². The van der Waals surface area contributed by atoms with Crippen LogP contribution in [0.5, 0.6) is 0 Å². The Morgan fingerprint density at radius 3 is 2.50 bits per heavy atom. The van der Waals surface area contributed by atoms with Crippen molar-refractivity contribution in [3.05, 3.63) is 0 Å². The van der Waals surface area contributed by atoms with Gasteiger partial charge in [-0.2, -0.15) is 0 Å². The Hall–Kier alpha value is -0.640. The zero-order chi connectivity index (χ0) is 8.97. The van der Waals surface area contributed by atoms with Gasteiger partial charge in [0.15, 0.2) is 0 Å². The summed E-state index contributed by atoms with van der Waals surface area (Å²) in [4.78, 5) is 2.08. The van der Waals surface area contributed by atoms with E-state index in [-0.39, 0.29) is 18.4 Å². The van der Waals surface area contributed by atoms with Crippen molar-refractivity contribution in [2.24, 2.45) is 11.7 Å². The molecule has 12 heavy (non-hydrogen) atoms. The average molecular weight is 173 g/mol. The molecule has 0 atom stereocenters. The van der Waals surface area contributed by atoms with E-state index in [9.17, 15) is 4.39 Å². The van der Waals surface area contributed by atoms with E-state index in [0.29, 0.717) is 6.54 Å². The molecule has 0 aromatic rings. The molecule has 70 valence electrons. The first-order valence-corrected chi connectivity index (χ1v) is 4.36. The van der Waals surface area contributed by atoms with Gasteiger partial charge in [0.2, 0.25) is 0 Å². The zero-order valence-corrected chi connectivity index (χ0v) is 7.22. The van der Waals surface area contributed by atoms with Gasteiger partial charge < -0.3 is 10.6 Å². The van der Waals surface area contributed by atoms with Gasteiger partial charge in [0.05, 0.1) is 5.84 Å². The number of hydrogen-bond acceptors (Lipinski definition) is 2. The number of nitrogens with zero attached hydrogens (tertiary/aromatic N) is 1. The van der Waals surface area contributed by atoms with E-state index in [2.05, 4.69) is 4.90 Å². The van der Waals surface area contributed by atoms with Crippen LogP contribution in [0.1, 0.15) is 12.8 Å². The lowest BCUT2D eigenvalue weighted by Crippen LogP contribution is -2.39. The van der Waals surface area contributed by atoms with Crippen molar-refractivity contribution in [3.63, 3.8) is 0 Å². The molecule has 0 saturated carbocycles. The summed E-state index contributed by atoms with van der Waals surface area (Å²) in [5.74, 6) is 0.524. The molecule has 0 bridgehead atoms. The summed E-state index contributed by atoms with van der Waals surface area (Å²) in [5, 5.41) is 7.24. The topological polar surface area (TPSA) is 53.1 Å². The molecule has 3 N–H and O–H groups in total. The van der Waals surface area contributed by atoms with Crippen LogP contribution in [0.25, 0.3) is 0 Å². The molecule has 3 nitrogen and oxygen atoms in total. The molecule has 0 aliphatic carbocycles. The quantitative estimate of drug-likeness (QED) is 0.485. The molecule has 0 radical (unpaired) electrons. The van der Waals surface area contributed by atoms with Crippen LogP contribution in [0.2, 0.25) is 0 Å². The molecule has 1 saturated heterocycles. The van der Waals surface area contributed by atoms with Crippen LogP contribution in [-0.2, 0) is 0 Å². The second-order valence-corrected chi connectivity index (χ2v) is 3.26. The Balaban J connectivity index is 2.25. The monoisotopic (exact) mass is 173 g/mol. The SMILES string of the molecule is N=C(N)C1CCN(CCF)CC1. The number of piperidine rings is 1. The smallest absolute Gasteiger partial charge is 0.102 e. The number of halogens is 1. The maximum Gasteiger partial charge on any atom is 0.102 e. The van der Waals surface area contributed by atoms with Crippen molar-refractivity contribution < 1.29 is 4.39 Å². The second-order valence-electron chi connectivity index (χ2n) is 3.26. The fourth-order valence-electron chi connectivity index (χ4n) is 1.59. The number of nitrogens with two attached hydrogens (primary N) is 1. The minimum absolute atomic E-state index is 0.237. The van der Waals surface area contributed by atoms with Crippen molar-refractivity contribution >= 4 is 5.84 Å². The van der Waals surface area contributed by atoms with E-state index in [1.165, 1.54) is 0 Å². The Morgan fingerprint density at radius 1 is 1.50 bits per heavy atom. The average Bonchev–Trinajstić information content (AvgIpc) is 2.06. The molecule has 0 amide bonds. The zero-order valence-electron chi connectivity index (χ0n) is 7.22. The standard InChI is InChI=1S/C8H16FN3/c9-3-6-12-4-1-7(2-5-12)8(10)11/h7H,1-6H2,(H3,10,11). The fraction of sp³-hybridized carbons (Fsp3) is 0.875. The van der Waals surface area contributed by atoms with E-state index in [1.807, 2.05) is 0 Å². The predicted octanol–water partition coefficient (Wildman–Crippen LogP) is 0.604. The minimum atomic E-state index is -0.273. The lowest BCUT2D eigenvalue weighted by molar-refractivity contribution is 0.194. The Morgan fingerprint density at radius 2 is 2.08 bits per heavy atom. The van der Waals surface area contributed by atoms with Gasteiger partial charge in [-0.15, -0.1) is 0 Å². The van der Waals surface area contributed by atoms with Crippen LogP contribution < -0.4 is 5.73 Å². The largest absolute Gasteiger partial charge is 0.387 e. The molecule has 1 aliphatic heterocycles. The molecule has 0 spiro atoms. The van der Waals surface area contributed by atoms with Crippen molar-refractivity contribution in [1.29, 1.82) is 5.41 Å². The number of nitrogens with one attached hydrogen (secondary N) is 1. The van der Waals surface area contributed by atoms with Gasteiger partial charge in [0.25, 0.3) is 0 Å². The summed E-state index contributed by atoms with van der Waals surface area (Å²) < 4.78 is 11.9. The highest BCUT2D eigenvalue weighted by atomic mass is 19.1. The highest BCUT2D eigenvalue weighted by Crippen LogP contribution is 2.16. The highest BCUT2D eigenvalue weighted by Gasteiger charge is 2.20. The molecule has 1 heterocycles. The first kappa shape index (κ1) is 9.45. The van der Waals surface area contributed by atoms with Crippen molar-refractivity contribution in [3.8, 4) is 0 Å². The number of alkyl halides is 1. The van der Waals surface area contributed by atoms with Crippen molar-refractivity contribution in [2.45, 2.75) is 12.8 Å². The molecular formula is C8H16FN3. The lowest BCUT2D eigenvalue weighted by Gasteiger charge is -2.30. The lowest BCUT2D eigenvalue weighted by atomic mass is 9.96. The first-order valence-electron chi connectivity index (χ1n) is 4.36. The van der Waals surface area contributed by atoms with Gasteiger partial charge in [-0.25, -0.2) is 4.39 Å². The van der Waals surface area contributed by atoms with E-state index >= 15 is 0 Å². The molecule has 4 heteroatoms. The normalized spacial score (nSPS) is 21.1. The van der Waals surface area contributed by atoms with E-state index in [1.54, 1.807) is 0 Å². The Kier molecular flexibility index (Phi) is 3.47. The van der Waals surface area contributed by atoms with Gasteiger partial charge in [-0.1, -0.05) is 0 Å². The number of hydrogen-bond donors (Lipinski definition) is 2. The predicted molar refractivity (Wildman–Crippen MR) is 47.1 cm³/mol. The number of amidine groups is 1. The maximum absolute atomic E-state index is 11.9. The van der Waals surface area contributed by atoms with Crippen molar-refractivity contribution in [1.82, 2.24) is 4.90 Å². The fourth-order valence-corrected chi connectivity index (χ4v) is 1.59. The molecular weight excluding hydrogens is 157 g/mol. The third-order valence-electron chi connectivity index (χ3n) is 2.43. The molecule has 0 unspecified atom stereocenters. The highest BCUT2D eigenvalue weighted by molar-refractivity contribution is 5.79. The first-order chi connectivity index (χ1) is 5.74. The summed E-state index contributed by atoms with van der Waals surface area (Å²) in [6.45, 7) is 2.03. The third kappa shape index (κ3) is 2.44. The molecule has 1 fully saturated rings. The Bertz CT molecular complexity index is 152. The van der Waals surface area contributed by atoms with Gasteiger partial charge >= 0.3 is 0 Å². The second kappa shape index (κ2) is 4.40. The molecule has 0 aromatic heterocycles. The summed E-state index contributed by atoms with van der Waals surface area (Å²) >= 11 is 0. The number of likely N-dealkylation sites (tertiary alicyclic amines) is 1. The summed E-state index contributed by atoms with van der Waals surface area (Å²) in [5.41, 5.74) is 5.38. The number of rotatable bonds is 3. The van der Waals surface area contributed by atoms with E-state index < -0.39 is 0 Å². The summed E-state index contributed by atoms with van der Waals surface area (Å²) in [6.07, 6.45) is 1.82. The van der Waals surface area contributed by atoms with Crippen LogP contribution in [0.3, 0.4) is 0 Å².